The molecule has 1 fully saturated rings. The molecule has 1 unspecified atom stereocenters. The molecule has 2 rings (SSSR count). The number of hydrogen-bond acceptors (Lipinski definition) is 3. The first-order chi connectivity index (χ1) is 9.20. The summed E-state index contributed by atoms with van der Waals surface area (Å²) in [5.41, 5.74) is 6.68. The maximum absolute atomic E-state index is 12.4. The van der Waals surface area contributed by atoms with Crippen LogP contribution in [0.1, 0.15) is 35.7 Å². The highest BCUT2D eigenvalue weighted by atomic mass is 16.2. The number of pyridine rings is 1. The van der Waals surface area contributed by atoms with Crippen molar-refractivity contribution in [1.29, 1.82) is 0 Å². The predicted molar refractivity (Wildman–Crippen MR) is 74.5 cm³/mol. The maximum Gasteiger partial charge on any atom is 0.255 e. The van der Waals surface area contributed by atoms with E-state index in [2.05, 4.69) is 23.7 Å². The highest BCUT2D eigenvalue weighted by Crippen LogP contribution is 2.17. The van der Waals surface area contributed by atoms with Crippen LogP contribution in [0.2, 0.25) is 0 Å². The van der Waals surface area contributed by atoms with E-state index in [4.69, 9.17) is 5.73 Å². The summed E-state index contributed by atoms with van der Waals surface area (Å²) in [4.78, 5) is 18.4. The molecule has 1 aliphatic heterocycles. The van der Waals surface area contributed by atoms with E-state index in [1.807, 2.05) is 4.90 Å². The molecule has 2 N–H and O–H groups in total. The van der Waals surface area contributed by atoms with E-state index >= 15 is 0 Å². The zero-order valence-electron chi connectivity index (χ0n) is 11.2. The fourth-order valence-corrected chi connectivity index (χ4v) is 2.33. The summed E-state index contributed by atoms with van der Waals surface area (Å²) in [6.07, 6.45) is 5.53. The molecule has 1 aromatic heterocycles. The molecule has 2 heterocycles. The first-order valence-corrected chi connectivity index (χ1v) is 6.64. The van der Waals surface area contributed by atoms with Crippen molar-refractivity contribution in [1.82, 2.24) is 9.88 Å². The Labute approximate surface area is 114 Å². The van der Waals surface area contributed by atoms with Crippen molar-refractivity contribution in [2.24, 2.45) is 11.7 Å². The number of likely N-dealkylation sites (tertiary alicyclic amines) is 1. The summed E-state index contributed by atoms with van der Waals surface area (Å²) in [6, 6.07) is 1.79. The summed E-state index contributed by atoms with van der Waals surface area (Å²) in [6.45, 7) is 4.15. The molecule has 1 amide bonds. The molecule has 0 spiro atoms. The van der Waals surface area contributed by atoms with E-state index in [0.717, 1.165) is 25.1 Å². The number of rotatable bonds is 1. The van der Waals surface area contributed by atoms with Crippen LogP contribution in [-0.2, 0) is 0 Å². The maximum atomic E-state index is 12.4. The fourth-order valence-electron chi connectivity index (χ4n) is 2.33. The number of carbonyl (C=O) groups excluding carboxylic acids is 1. The Kier molecular flexibility index (Phi) is 4.53. The quantitative estimate of drug-likeness (QED) is 0.771. The lowest BCUT2D eigenvalue weighted by molar-refractivity contribution is 0.0682. The number of aromatic nitrogens is 1. The molecule has 4 nitrogen and oxygen atoms in total. The Morgan fingerprint density at radius 1 is 1.58 bits per heavy atom. The first-order valence-electron chi connectivity index (χ1n) is 6.64. The zero-order valence-corrected chi connectivity index (χ0v) is 11.2. The van der Waals surface area contributed by atoms with Crippen molar-refractivity contribution in [3.63, 3.8) is 0 Å². The van der Waals surface area contributed by atoms with Gasteiger partial charge in [-0.15, -0.1) is 0 Å². The SMILES string of the molecule is CC1CCCN(C(=O)c2cncc(C#CCN)c2)C1. The normalized spacial score (nSPS) is 18.6. The van der Waals surface area contributed by atoms with Crippen LogP contribution < -0.4 is 5.73 Å². The van der Waals surface area contributed by atoms with E-state index in [1.54, 1.807) is 18.5 Å². The van der Waals surface area contributed by atoms with Crippen LogP contribution in [0.5, 0.6) is 0 Å². The van der Waals surface area contributed by atoms with Crippen LogP contribution in [0, 0.1) is 17.8 Å². The third-order valence-electron chi connectivity index (χ3n) is 3.26. The molecule has 100 valence electrons. The molecule has 1 saturated heterocycles. The van der Waals surface area contributed by atoms with Crippen molar-refractivity contribution in [3.05, 3.63) is 29.6 Å². The van der Waals surface area contributed by atoms with Gasteiger partial charge < -0.3 is 10.6 Å². The molecular formula is C15H19N3O. The van der Waals surface area contributed by atoms with Crippen molar-refractivity contribution in [3.8, 4) is 11.8 Å². The Hall–Kier alpha value is -1.86. The van der Waals surface area contributed by atoms with Crippen LogP contribution >= 0.6 is 0 Å². The van der Waals surface area contributed by atoms with Crippen molar-refractivity contribution in [2.75, 3.05) is 19.6 Å². The van der Waals surface area contributed by atoms with Crippen LogP contribution in [0.15, 0.2) is 18.5 Å². The second kappa shape index (κ2) is 6.35. The predicted octanol–water partition coefficient (Wildman–Crippen LogP) is 1.26. The van der Waals surface area contributed by atoms with Gasteiger partial charge in [0.2, 0.25) is 0 Å². The average molecular weight is 257 g/mol. The second-order valence-electron chi connectivity index (χ2n) is 4.97. The number of amides is 1. The third-order valence-corrected chi connectivity index (χ3v) is 3.26. The van der Waals surface area contributed by atoms with Gasteiger partial charge in [0.05, 0.1) is 12.1 Å². The average Bonchev–Trinajstić information content (AvgIpc) is 2.44. The molecule has 4 heteroatoms. The van der Waals surface area contributed by atoms with E-state index in [-0.39, 0.29) is 5.91 Å². The minimum Gasteiger partial charge on any atom is -0.338 e. The number of hydrogen-bond donors (Lipinski definition) is 1. The Bertz CT molecular complexity index is 516. The summed E-state index contributed by atoms with van der Waals surface area (Å²) in [5, 5.41) is 0. The Morgan fingerprint density at radius 3 is 3.16 bits per heavy atom. The summed E-state index contributed by atoms with van der Waals surface area (Å²) >= 11 is 0. The Balaban J connectivity index is 2.14. The number of carbonyl (C=O) groups is 1. The minimum atomic E-state index is 0.0513. The van der Waals surface area contributed by atoms with E-state index in [9.17, 15) is 4.79 Å². The highest BCUT2D eigenvalue weighted by molar-refractivity contribution is 5.94. The van der Waals surface area contributed by atoms with Gasteiger partial charge in [-0.3, -0.25) is 9.78 Å². The van der Waals surface area contributed by atoms with E-state index in [0.29, 0.717) is 18.0 Å². The van der Waals surface area contributed by atoms with E-state index in [1.165, 1.54) is 6.42 Å². The number of nitrogens with two attached hydrogens (primary N) is 1. The molecule has 1 aromatic rings. The van der Waals surface area contributed by atoms with Crippen molar-refractivity contribution < 1.29 is 4.79 Å². The Morgan fingerprint density at radius 2 is 2.42 bits per heavy atom. The standard InChI is InChI=1S/C15H19N3O/c1-12-4-3-7-18(11-12)15(19)14-8-13(5-2-6-16)9-17-10-14/h8-10,12H,3-4,6-7,11,16H2,1H3. The minimum absolute atomic E-state index is 0.0513. The molecule has 0 bridgehead atoms. The molecule has 0 saturated carbocycles. The molecule has 0 aromatic carbocycles. The second-order valence-corrected chi connectivity index (χ2v) is 4.97. The van der Waals surface area contributed by atoms with Crippen LogP contribution in [0.25, 0.3) is 0 Å². The van der Waals surface area contributed by atoms with Gasteiger partial charge in [0, 0.05) is 31.0 Å². The summed E-state index contributed by atoms with van der Waals surface area (Å²) < 4.78 is 0. The number of piperidine rings is 1. The fraction of sp³-hybridized carbons (Fsp3) is 0.467. The van der Waals surface area contributed by atoms with Crippen LogP contribution in [-0.4, -0.2) is 35.4 Å². The van der Waals surface area contributed by atoms with Gasteiger partial charge in [-0.2, -0.15) is 0 Å². The molecule has 1 aliphatic rings. The highest BCUT2D eigenvalue weighted by Gasteiger charge is 2.22. The summed E-state index contributed by atoms with van der Waals surface area (Å²) in [7, 11) is 0. The van der Waals surface area contributed by atoms with Gasteiger partial charge >= 0.3 is 0 Å². The van der Waals surface area contributed by atoms with Crippen LogP contribution in [0.4, 0.5) is 0 Å². The lowest BCUT2D eigenvalue weighted by atomic mass is 9.99. The zero-order chi connectivity index (χ0) is 13.7. The smallest absolute Gasteiger partial charge is 0.255 e. The lowest BCUT2D eigenvalue weighted by Crippen LogP contribution is -2.39. The largest absolute Gasteiger partial charge is 0.338 e. The van der Waals surface area contributed by atoms with Gasteiger partial charge in [0.15, 0.2) is 0 Å². The van der Waals surface area contributed by atoms with Gasteiger partial charge in [0.1, 0.15) is 0 Å². The van der Waals surface area contributed by atoms with Gasteiger partial charge in [-0.25, -0.2) is 0 Å². The summed E-state index contributed by atoms with van der Waals surface area (Å²) in [5.74, 6) is 6.30. The monoisotopic (exact) mass is 257 g/mol. The molecular weight excluding hydrogens is 238 g/mol. The van der Waals surface area contributed by atoms with Crippen molar-refractivity contribution in [2.45, 2.75) is 19.8 Å². The number of nitrogens with zero attached hydrogens (tertiary/aromatic N) is 2. The lowest BCUT2D eigenvalue weighted by Gasteiger charge is -2.30. The van der Waals surface area contributed by atoms with Gasteiger partial charge in [-0.05, 0) is 24.8 Å². The van der Waals surface area contributed by atoms with E-state index < -0.39 is 0 Å². The third kappa shape index (κ3) is 3.55. The first kappa shape index (κ1) is 13.6. The van der Waals surface area contributed by atoms with Crippen LogP contribution in [0.3, 0.4) is 0 Å². The van der Waals surface area contributed by atoms with Crippen molar-refractivity contribution >= 4 is 5.91 Å². The topological polar surface area (TPSA) is 59.2 Å². The molecule has 19 heavy (non-hydrogen) atoms. The van der Waals surface area contributed by atoms with Gasteiger partial charge in [0.25, 0.3) is 5.91 Å². The van der Waals surface area contributed by atoms with Gasteiger partial charge in [-0.1, -0.05) is 18.8 Å². The molecule has 0 radical (unpaired) electrons. The molecule has 0 aliphatic carbocycles. The molecule has 1 atom stereocenters.